The highest BCUT2D eigenvalue weighted by Gasteiger charge is 2.23. The van der Waals surface area contributed by atoms with Gasteiger partial charge in [0.1, 0.15) is 0 Å². The number of hydrogen-bond donors (Lipinski definition) is 1. The van der Waals surface area contributed by atoms with E-state index in [0.717, 1.165) is 36.1 Å². The molecule has 1 amide bonds. The van der Waals surface area contributed by atoms with Crippen LogP contribution >= 0.6 is 15.9 Å². The summed E-state index contributed by atoms with van der Waals surface area (Å²) in [5.74, 6) is 0. The molecule has 0 saturated carbocycles. The van der Waals surface area contributed by atoms with Crippen molar-refractivity contribution in [2.24, 2.45) is 0 Å². The average molecular weight is 269 g/mol. The van der Waals surface area contributed by atoms with Gasteiger partial charge in [0.25, 0.3) is 0 Å². The van der Waals surface area contributed by atoms with Crippen LogP contribution in [0.2, 0.25) is 0 Å². The molecule has 1 aromatic carbocycles. The summed E-state index contributed by atoms with van der Waals surface area (Å²) in [6, 6.07) is 8.18. The highest BCUT2D eigenvalue weighted by atomic mass is 79.9. The Morgan fingerprint density at radius 1 is 1.47 bits per heavy atom. The first kappa shape index (κ1) is 10.6. The summed E-state index contributed by atoms with van der Waals surface area (Å²) in [5, 5.41) is 3.30. The zero-order valence-electron chi connectivity index (χ0n) is 8.32. The molecule has 0 spiro atoms. The third kappa shape index (κ3) is 2.21. The second-order valence-corrected chi connectivity index (χ2v) is 4.44. The van der Waals surface area contributed by atoms with Crippen LogP contribution in [0.4, 0.5) is 0 Å². The topological polar surface area (TPSA) is 32.3 Å². The van der Waals surface area contributed by atoms with Crippen molar-refractivity contribution in [3.05, 3.63) is 34.3 Å². The van der Waals surface area contributed by atoms with Gasteiger partial charge >= 0.3 is 0 Å². The van der Waals surface area contributed by atoms with Crippen LogP contribution in [0, 0.1) is 0 Å². The molecular weight excluding hydrogens is 256 g/mol. The van der Waals surface area contributed by atoms with Crippen molar-refractivity contribution in [2.45, 2.75) is 6.04 Å². The highest BCUT2D eigenvalue weighted by Crippen LogP contribution is 2.27. The number of carbonyl (C=O) groups excluding carboxylic acids is 1. The molecule has 0 radical (unpaired) electrons. The first-order valence-electron chi connectivity index (χ1n) is 4.99. The van der Waals surface area contributed by atoms with Crippen molar-refractivity contribution in [2.75, 3.05) is 19.6 Å². The summed E-state index contributed by atoms with van der Waals surface area (Å²) in [7, 11) is 0. The smallest absolute Gasteiger partial charge is 0.210 e. The summed E-state index contributed by atoms with van der Waals surface area (Å²) in [5.41, 5.74) is 1.16. The number of benzene rings is 1. The van der Waals surface area contributed by atoms with Crippen molar-refractivity contribution in [3.63, 3.8) is 0 Å². The van der Waals surface area contributed by atoms with Crippen molar-refractivity contribution in [1.29, 1.82) is 0 Å². The van der Waals surface area contributed by atoms with Gasteiger partial charge in [0.2, 0.25) is 6.41 Å². The minimum atomic E-state index is 0.145. The van der Waals surface area contributed by atoms with Gasteiger partial charge in [-0.2, -0.15) is 0 Å². The summed E-state index contributed by atoms with van der Waals surface area (Å²) in [6.45, 7) is 2.47. The van der Waals surface area contributed by atoms with Crippen molar-refractivity contribution in [1.82, 2.24) is 10.2 Å². The number of amides is 1. The molecule has 1 N–H and O–H groups in total. The molecule has 1 saturated heterocycles. The summed E-state index contributed by atoms with van der Waals surface area (Å²) < 4.78 is 1.06. The van der Waals surface area contributed by atoms with Crippen molar-refractivity contribution >= 4 is 22.3 Å². The van der Waals surface area contributed by atoms with E-state index in [1.807, 2.05) is 23.1 Å². The molecule has 1 aliphatic rings. The lowest BCUT2D eigenvalue weighted by Crippen LogP contribution is -2.45. The van der Waals surface area contributed by atoms with Gasteiger partial charge in [-0.1, -0.05) is 34.1 Å². The zero-order valence-corrected chi connectivity index (χ0v) is 9.90. The van der Waals surface area contributed by atoms with Gasteiger partial charge < -0.3 is 10.2 Å². The standard InChI is InChI=1S/C11H13BrN2O/c12-10-4-2-1-3-9(10)11-7-13-5-6-14(11)8-15/h1-4,8,11,13H,5-7H2/t11-/m1/s1. The minimum Gasteiger partial charge on any atom is -0.336 e. The van der Waals surface area contributed by atoms with E-state index in [9.17, 15) is 4.79 Å². The second kappa shape index (κ2) is 4.77. The van der Waals surface area contributed by atoms with E-state index < -0.39 is 0 Å². The Bertz CT molecular complexity index is 356. The van der Waals surface area contributed by atoms with Crippen LogP contribution in [-0.2, 0) is 4.79 Å². The normalized spacial score (nSPS) is 21.4. The van der Waals surface area contributed by atoms with Crippen LogP contribution in [0.1, 0.15) is 11.6 Å². The maximum atomic E-state index is 10.9. The van der Waals surface area contributed by atoms with E-state index in [4.69, 9.17) is 0 Å². The zero-order chi connectivity index (χ0) is 10.7. The molecule has 1 aromatic rings. The van der Waals surface area contributed by atoms with Gasteiger partial charge in [-0.3, -0.25) is 4.79 Å². The molecule has 1 atom stereocenters. The van der Waals surface area contributed by atoms with Gasteiger partial charge in [-0.15, -0.1) is 0 Å². The third-order valence-corrected chi connectivity index (χ3v) is 3.41. The molecule has 0 aliphatic carbocycles. The lowest BCUT2D eigenvalue weighted by atomic mass is 10.0. The Balaban J connectivity index is 2.28. The van der Waals surface area contributed by atoms with Gasteiger partial charge in [0.15, 0.2) is 0 Å². The van der Waals surface area contributed by atoms with E-state index >= 15 is 0 Å². The average Bonchev–Trinajstić information content (AvgIpc) is 2.30. The fourth-order valence-corrected chi connectivity index (χ4v) is 2.43. The number of piperazine rings is 1. The number of halogens is 1. The predicted molar refractivity (Wildman–Crippen MR) is 62.5 cm³/mol. The maximum absolute atomic E-state index is 10.9. The van der Waals surface area contributed by atoms with Crippen molar-refractivity contribution in [3.8, 4) is 0 Å². The predicted octanol–water partition coefficient (Wildman–Crippen LogP) is 1.55. The fraction of sp³-hybridized carbons (Fsp3) is 0.364. The molecule has 2 rings (SSSR count). The van der Waals surface area contributed by atoms with Crippen LogP contribution < -0.4 is 5.32 Å². The Morgan fingerprint density at radius 3 is 3.00 bits per heavy atom. The molecular formula is C11H13BrN2O. The molecule has 1 fully saturated rings. The lowest BCUT2D eigenvalue weighted by Gasteiger charge is -2.34. The number of nitrogens with one attached hydrogen (secondary N) is 1. The van der Waals surface area contributed by atoms with Crippen LogP contribution in [0.15, 0.2) is 28.7 Å². The van der Waals surface area contributed by atoms with E-state index in [2.05, 4.69) is 27.3 Å². The van der Waals surface area contributed by atoms with Crippen LogP contribution in [0.25, 0.3) is 0 Å². The van der Waals surface area contributed by atoms with Gasteiger partial charge in [-0.25, -0.2) is 0 Å². The third-order valence-electron chi connectivity index (χ3n) is 2.68. The highest BCUT2D eigenvalue weighted by molar-refractivity contribution is 9.10. The Hall–Kier alpha value is -0.870. The molecule has 4 heteroatoms. The maximum Gasteiger partial charge on any atom is 0.210 e. The number of nitrogens with zero attached hydrogens (tertiary/aromatic N) is 1. The second-order valence-electron chi connectivity index (χ2n) is 3.58. The monoisotopic (exact) mass is 268 g/mol. The van der Waals surface area contributed by atoms with Crippen molar-refractivity contribution < 1.29 is 4.79 Å². The molecule has 0 unspecified atom stereocenters. The fourth-order valence-electron chi connectivity index (χ4n) is 1.88. The van der Waals surface area contributed by atoms with E-state index in [-0.39, 0.29) is 6.04 Å². The number of hydrogen-bond acceptors (Lipinski definition) is 2. The van der Waals surface area contributed by atoms with Crippen LogP contribution in [0.5, 0.6) is 0 Å². The van der Waals surface area contributed by atoms with Gasteiger partial charge in [0.05, 0.1) is 6.04 Å². The number of rotatable bonds is 2. The Labute approximate surface area is 97.6 Å². The van der Waals surface area contributed by atoms with Crippen LogP contribution in [0.3, 0.4) is 0 Å². The van der Waals surface area contributed by atoms with Crippen LogP contribution in [-0.4, -0.2) is 30.9 Å². The SMILES string of the molecule is O=CN1CCNC[C@@H]1c1ccccc1Br. The molecule has 1 aliphatic heterocycles. The molecule has 3 nitrogen and oxygen atoms in total. The minimum absolute atomic E-state index is 0.145. The first-order chi connectivity index (χ1) is 7.33. The molecule has 0 aromatic heterocycles. The van der Waals surface area contributed by atoms with E-state index in [1.165, 1.54) is 0 Å². The molecule has 15 heavy (non-hydrogen) atoms. The Kier molecular flexibility index (Phi) is 3.38. The van der Waals surface area contributed by atoms with E-state index in [0.29, 0.717) is 0 Å². The summed E-state index contributed by atoms with van der Waals surface area (Å²) in [6.07, 6.45) is 0.935. The molecule has 80 valence electrons. The Morgan fingerprint density at radius 2 is 2.27 bits per heavy atom. The summed E-state index contributed by atoms with van der Waals surface area (Å²) >= 11 is 3.52. The first-order valence-corrected chi connectivity index (χ1v) is 5.78. The molecule has 0 bridgehead atoms. The largest absolute Gasteiger partial charge is 0.336 e. The molecule has 1 heterocycles. The quantitative estimate of drug-likeness (QED) is 0.826. The van der Waals surface area contributed by atoms with Gasteiger partial charge in [0, 0.05) is 24.1 Å². The van der Waals surface area contributed by atoms with Gasteiger partial charge in [-0.05, 0) is 11.6 Å². The summed E-state index contributed by atoms with van der Waals surface area (Å²) in [4.78, 5) is 12.8. The lowest BCUT2D eigenvalue weighted by molar-refractivity contribution is -0.121. The number of carbonyl (C=O) groups is 1. The van der Waals surface area contributed by atoms with E-state index in [1.54, 1.807) is 0 Å².